The lowest BCUT2D eigenvalue weighted by Gasteiger charge is -2.42. The van der Waals surface area contributed by atoms with Crippen molar-refractivity contribution < 1.29 is 4.74 Å². The Labute approximate surface area is 219 Å². The quantitative estimate of drug-likeness (QED) is 0.296. The summed E-state index contributed by atoms with van der Waals surface area (Å²) in [6.45, 7) is 19.1. The molecule has 0 heterocycles. The molecule has 0 spiro atoms. The van der Waals surface area contributed by atoms with Crippen LogP contribution in [0.1, 0.15) is 54.4 Å². The lowest BCUT2D eigenvalue weighted by molar-refractivity contribution is 0.366. The molecule has 1 unspecified atom stereocenters. The second-order valence-corrected chi connectivity index (χ2v) is 17.0. The van der Waals surface area contributed by atoms with E-state index in [0.717, 1.165) is 5.75 Å². The van der Waals surface area contributed by atoms with Crippen molar-refractivity contribution in [2.24, 2.45) is 10.8 Å². The fraction of sp³-hybridized carbons (Fsp3) is 0.412. The number of ether oxygens (including phenoxy) is 1. The molecular weight excluding hydrogens is 452 g/mol. The lowest BCUT2D eigenvalue weighted by atomic mass is 9.73. The van der Waals surface area contributed by atoms with Crippen molar-refractivity contribution in [2.45, 2.75) is 72.0 Å². The summed E-state index contributed by atoms with van der Waals surface area (Å²) in [5.74, 6) is 1.06. The van der Waals surface area contributed by atoms with Gasteiger partial charge in [0.2, 0.25) is 0 Å². The van der Waals surface area contributed by atoms with Crippen LogP contribution in [0.3, 0.4) is 0 Å². The van der Waals surface area contributed by atoms with Crippen LogP contribution in [0.25, 0.3) is 11.6 Å². The second kappa shape index (κ2) is 9.06. The summed E-state index contributed by atoms with van der Waals surface area (Å²) in [4.78, 5) is 0. The van der Waals surface area contributed by atoms with Gasteiger partial charge in [-0.2, -0.15) is 0 Å². The van der Waals surface area contributed by atoms with Gasteiger partial charge in [0.15, 0.2) is 0 Å². The van der Waals surface area contributed by atoms with Gasteiger partial charge >= 0.3 is 0 Å². The Morgan fingerprint density at radius 2 is 1.67 bits per heavy atom. The third kappa shape index (κ3) is 3.80. The first-order valence-corrected chi connectivity index (χ1v) is 16.3. The number of rotatable bonds is 7. The van der Waals surface area contributed by atoms with Crippen LogP contribution in [0, 0.1) is 10.8 Å². The second-order valence-electron chi connectivity index (χ2n) is 12.2. The maximum atomic E-state index is 6.35. The summed E-state index contributed by atoms with van der Waals surface area (Å²) in [5, 5.41) is 4.33. The Morgan fingerprint density at radius 3 is 2.39 bits per heavy atom. The Bertz CT molecular complexity index is 1380. The molecule has 0 N–H and O–H groups in total. The van der Waals surface area contributed by atoms with Crippen LogP contribution in [0.5, 0.6) is 5.75 Å². The summed E-state index contributed by atoms with van der Waals surface area (Å²) in [6, 6.07) is 20.5. The standard InChI is InChI=1S/C34H42OSi/c1-8-21-35-28-17-13-14-18-29(28)36(9-2,10-3)32-27-23-33(4,5)20-19-26(27)31-30(32)25-16-12-11-15-24(25)22-34(31,6)7/h8,11-18,22-23,32H,1,9-10,19-21H2,2-7H3. The third-order valence-corrected chi connectivity index (χ3v) is 14.8. The fourth-order valence-corrected chi connectivity index (χ4v) is 12.6. The van der Waals surface area contributed by atoms with Crippen molar-refractivity contribution in [1.29, 1.82) is 0 Å². The highest BCUT2D eigenvalue weighted by molar-refractivity contribution is 6.95. The fourth-order valence-electron chi connectivity index (χ4n) is 7.44. The number of fused-ring (bicyclic) bond motifs is 3. The first-order valence-electron chi connectivity index (χ1n) is 13.8. The number of allylic oxidation sites excluding steroid dienone is 4. The molecule has 0 saturated heterocycles. The topological polar surface area (TPSA) is 9.23 Å². The minimum absolute atomic E-state index is 0.0226. The van der Waals surface area contributed by atoms with Crippen molar-refractivity contribution >= 4 is 24.9 Å². The van der Waals surface area contributed by atoms with Crippen LogP contribution in [0.4, 0.5) is 0 Å². The van der Waals surface area contributed by atoms with E-state index in [1.165, 1.54) is 40.6 Å². The molecule has 5 rings (SSSR count). The summed E-state index contributed by atoms with van der Waals surface area (Å²) >= 11 is 0. The third-order valence-electron chi connectivity index (χ3n) is 9.09. The van der Waals surface area contributed by atoms with Gasteiger partial charge in [-0.1, -0.05) is 121 Å². The van der Waals surface area contributed by atoms with E-state index in [2.05, 4.69) is 109 Å². The van der Waals surface area contributed by atoms with E-state index in [-0.39, 0.29) is 10.8 Å². The maximum Gasteiger partial charge on any atom is 0.119 e. The SMILES string of the molecule is C=CCOc1ccccc1[Si](CC)(CC)C1C2=CC(C)(C)CCC2=C2C1=c1ccccc1=CC2(C)C. The molecule has 0 amide bonds. The van der Waals surface area contributed by atoms with Gasteiger partial charge in [-0.25, -0.2) is 0 Å². The van der Waals surface area contributed by atoms with Crippen LogP contribution in [-0.4, -0.2) is 14.7 Å². The van der Waals surface area contributed by atoms with Crippen LogP contribution < -0.4 is 20.4 Å². The predicted octanol–water partition coefficient (Wildman–Crippen LogP) is 7.05. The zero-order chi connectivity index (χ0) is 25.7. The molecule has 1 nitrogen and oxygen atoms in total. The minimum Gasteiger partial charge on any atom is -0.490 e. The van der Waals surface area contributed by atoms with Gasteiger partial charge in [0.1, 0.15) is 20.4 Å². The summed E-state index contributed by atoms with van der Waals surface area (Å²) in [5.41, 5.74) is 7.23. The molecule has 0 bridgehead atoms. The Morgan fingerprint density at radius 1 is 0.972 bits per heavy atom. The monoisotopic (exact) mass is 494 g/mol. The Kier molecular flexibility index (Phi) is 6.31. The highest BCUT2D eigenvalue weighted by Crippen LogP contribution is 2.61. The number of hydrogen-bond donors (Lipinski definition) is 0. The summed E-state index contributed by atoms with van der Waals surface area (Å²) in [6.07, 6.45) is 9.46. The van der Waals surface area contributed by atoms with E-state index in [1.807, 2.05) is 6.08 Å². The molecule has 36 heavy (non-hydrogen) atoms. The van der Waals surface area contributed by atoms with E-state index in [1.54, 1.807) is 22.3 Å². The van der Waals surface area contributed by atoms with E-state index in [0.29, 0.717) is 12.1 Å². The van der Waals surface area contributed by atoms with Crippen molar-refractivity contribution in [1.82, 2.24) is 0 Å². The van der Waals surface area contributed by atoms with E-state index < -0.39 is 8.07 Å². The van der Waals surface area contributed by atoms with Gasteiger partial charge in [-0.05, 0) is 62.2 Å². The molecule has 0 saturated carbocycles. The molecule has 0 fully saturated rings. The van der Waals surface area contributed by atoms with Gasteiger partial charge in [0.05, 0.1) is 0 Å². The first-order chi connectivity index (χ1) is 17.2. The average Bonchev–Trinajstić information content (AvgIpc) is 3.19. The van der Waals surface area contributed by atoms with Crippen LogP contribution in [-0.2, 0) is 0 Å². The molecule has 0 aromatic heterocycles. The number of para-hydroxylation sites is 1. The van der Waals surface area contributed by atoms with Crippen LogP contribution >= 0.6 is 0 Å². The summed E-state index contributed by atoms with van der Waals surface area (Å²) < 4.78 is 6.35. The number of hydrogen-bond acceptors (Lipinski definition) is 1. The largest absolute Gasteiger partial charge is 0.490 e. The molecule has 188 valence electrons. The smallest absolute Gasteiger partial charge is 0.119 e. The highest BCUT2D eigenvalue weighted by atomic mass is 28.3. The van der Waals surface area contributed by atoms with Crippen LogP contribution in [0.2, 0.25) is 17.6 Å². The molecule has 0 aliphatic heterocycles. The van der Waals surface area contributed by atoms with Crippen molar-refractivity contribution in [3.05, 3.63) is 94.4 Å². The van der Waals surface area contributed by atoms with E-state index >= 15 is 0 Å². The molecule has 2 aromatic rings. The van der Waals surface area contributed by atoms with Gasteiger partial charge in [0, 0.05) is 11.0 Å². The first kappa shape index (κ1) is 25.1. The highest BCUT2D eigenvalue weighted by Gasteiger charge is 2.53. The molecule has 0 radical (unpaired) electrons. The predicted molar refractivity (Wildman–Crippen MR) is 158 cm³/mol. The van der Waals surface area contributed by atoms with E-state index in [9.17, 15) is 0 Å². The zero-order valence-corrected chi connectivity index (χ0v) is 24.1. The molecule has 2 heteroatoms. The average molecular weight is 495 g/mol. The molecule has 2 aromatic carbocycles. The minimum atomic E-state index is -2.11. The van der Waals surface area contributed by atoms with Gasteiger partial charge in [-0.3, -0.25) is 0 Å². The van der Waals surface area contributed by atoms with Crippen molar-refractivity contribution in [3.8, 4) is 5.75 Å². The Hall–Kier alpha value is -2.58. The zero-order valence-electron chi connectivity index (χ0n) is 23.1. The Balaban J connectivity index is 1.89. The normalized spacial score (nSPS) is 21.7. The van der Waals surface area contributed by atoms with E-state index in [4.69, 9.17) is 4.74 Å². The van der Waals surface area contributed by atoms with Crippen molar-refractivity contribution in [2.75, 3.05) is 6.61 Å². The molecule has 3 aliphatic carbocycles. The lowest BCUT2D eigenvalue weighted by Crippen LogP contribution is -2.53. The maximum absolute atomic E-state index is 6.35. The van der Waals surface area contributed by atoms with Crippen molar-refractivity contribution in [3.63, 3.8) is 0 Å². The van der Waals surface area contributed by atoms with Gasteiger partial charge < -0.3 is 4.74 Å². The molecule has 3 aliphatic rings. The molecular formula is C34H42OSi. The summed E-state index contributed by atoms with van der Waals surface area (Å²) in [7, 11) is -2.11. The van der Waals surface area contributed by atoms with Gasteiger partial charge in [-0.15, -0.1) is 0 Å². The number of benzene rings is 2. The van der Waals surface area contributed by atoms with Gasteiger partial charge in [0.25, 0.3) is 0 Å². The molecule has 1 atom stereocenters. The van der Waals surface area contributed by atoms with Crippen LogP contribution in [0.15, 0.2) is 84.0 Å².